The molecule has 1 aliphatic heterocycles. The second-order valence-corrected chi connectivity index (χ2v) is 9.88. The van der Waals surface area contributed by atoms with E-state index in [0.29, 0.717) is 5.92 Å². The van der Waals surface area contributed by atoms with Crippen LogP contribution in [0.5, 0.6) is 0 Å². The Hall–Kier alpha value is -2.49. The standard InChI is InChI=1S/C26H34N4OS/c1-4-29-15-17-30(18-16-29)23-9-5-21(6-10-23)22-7-11-24(12-8-22)32-25(19-20(2)3)26(31)28-14-13-27/h5-12,20,25H,4,14-19H2,1-3H3,(H,28,31). The van der Waals surface area contributed by atoms with Gasteiger partial charge in [0.05, 0.1) is 11.3 Å². The molecule has 0 spiro atoms. The first-order valence-corrected chi connectivity index (χ1v) is 12.4. The minimum absolute atomic E-state index is 0.0528. The van der Waals surface area contributed by atoms with Crippen LogP contribution in [-0.2, 0) is 4.79 Å². The zero-order chi connectivity index (χ0) is 22.9. The van der Waals surface area contributed by atoms with Gasteiger partial charge in [0.1, 0.15) is 6.54 Å². The largest absolute Gasteiger partial charge is 0.369 e. The molecule has 2 aromatic carbocycles. The fraction of sp³-hybridized carbons (Fsp3) is 0.462. The van der Waals surface area contributed by atoms with Crippen LogP contribution in [0, 0.1) is 17.2 Å². The molecule has 0 radical (unpaired) electrons. The maximum atomic E-state index is 12.4. The normalized spacial score (nSPS) is 15.4. The number of benzene rings is 2. The maximum absolute atomic E-state index is 12.4. The third-order valence-electron chi connectivity index (χ3n) is 5.84. The third kappa shape index (κ3) is 6.75. The van der Waals surface area contributed by atoms with Gasteiger partial charge in [-0.15, -0.1) is 11.8 Å². The molecule has 0 aromatic heterocycles. The third-order valence-corrected chi connectivity index (χ3v) is 7.07. The van der Waals surface area contributed by atoms with Gasteiger partial charge in [0, 0.05) is 36.8 Å². The summed E-state index contributed by atoms with van der Waals surface area (Å²) in [6.07, 6.45) is 0.775. The molecule has 0 bridgehead atoms. The summed E-state index contributed by atoms with van der Waals surface area (Å²) < 4.78 is 0. The van der Waals surface area contributed by atoms with Crippen LogP contribution in [-0.4, -0.2) is 55.3 Å². The number of hydrogen-bond donors (Lipinski definition) is 1. The Labute approximate surface area is 196 Å². The van der Waals surface area contributed by atoms with Crippen LogP contribution >= 0.6 is 11.8 Å². The molecule has 6 heteroatoms. The molecule has 3 rings (SSSR count). The first-order chi connectivity index (χ1) is 15.5. The van der Waals surface area contributed by atoms with Gasteiger partial charge in [-0.05, 0) is 54.3 Å². The van der Waals surface area contributed by atoms with Crippen molar-refractivity contribution in [1.82, 2.24) is 10.2 Å². The summed E-state index contributed by atoms with van der Waals surface area (Å²) in [5.41, 5.74) is 3.66. The van der Waals surface area contributed by atoms with E-state index >= 15 is 0 Å². The van der Waals surface area contributed by atoms with Crippen LogP contribution in [0.2, 0.25) is 0 Å². The number of anilines is 1. The molecule has 1 N–H and O–H groups in total. The van der Waals surface area contributed by atoms with Crippen molar-refractivity contribution in [2.45, 2.75) is 37.3 Å². The number of nitriles is 1. The van der Waals surface area contributed by atoms with Gasteiger partial charge in [-0.25, -0.2) is 0 Å². The second kappa shape index (κ2) is 11.9. The quantitative estimate of drug-likeness (QED) is 0.445. The Kier molecular flexibility index (Phi) is 9.01. The number of nitrogens with zero attached hydrogens (tertiary/aromatic N) is 3. The van der Waals surface area contributed by atoms with Gasteiger partial charge < -0.3 is 15.1 Å². The van der Waals surface area contributed by atoms with E-state index in [1.807, 2.05) is 6.07 Å². The number of piperazine rings is 1. The van der Waals surface area contributed by atoms with Crippen molar-refractivity contribution in [3.63, 3.8) is 0 Å². The van der Waals surface area contributed by atoms with E-state index in [0.717, 1.165) is 44.0 Å². The maximum Gasteiger partial charge on any atom is 0.234 e. The van der Waals surface area contributed by atoms with E-state index in [-0.39, 0.29) is 17.7 Å². The van der Waals surface area contributed by atoms with E-state index in [2.05, 4.69) is 84.4 Å². The van der Waals surface area contributed by atoms with E-state index in [4.69, 9.17) is 5.26 Å². The molecule has 2 aromatic rings. The smallest absolute Gasteiger partial charge is 0.234 e. The molecule has 0 saturated carbocycles. The van der Waals surface area contributed by atoms with Gasteiger partial charge in [0.25, 0.3) is 0 Å². The highest BCUT2D eigenvalue weighted by atomic mass is 32.2. The van der Waals surface area contributed by atoms with E-state index < -0.39 is 0 Å². The van der Waals surface area contributed by atoms with Gasteiger partial charge >= 0.3 is 0 Å². The Morgan fingerprint density at radius 3 is 2.16 bits per heavy atom. The summed E-state index contributed by atoms with van der Waals surface area (Å²) in [6.45, 7) is 12.1. The van der Waals surface area contributed by atoms with E-state index in [9.17, 15) is 4.79 Å². The molecule has 1 aliphatic rings. The number of carbonyl (C=O) groups is 1. The summed E-state index contributed by atoms with van der Waals surface area (Å²) in [6, 6.07) is 19.2. The summed E-state index contributed by atoms with van der Waals surface area (Å²) in [4.78, 5) is 18.5. The highest BCUT2D eigenvalue weighted by Crippen LogP contribution is 2.31. The molecule has 1 heterocycles. The van der Waals surface area contributed by atoms with Crippen molar-refractivity contribution in [2.75, 3.05) is 44.2 Å². The van der Waals surface area contributed by atoms with Crippen LogP contribution in [0.3, 0.4) is 0 Å². The number of amides is 1. The van der Waals surface area contributed by atoms with Gasteiger partial charge in [-0.3, -0.25) is 4.79 Å². The molecule has 5 nitrogen and oxygen atoms in total. The molecular weight excluding hydrogens is 416 g/mol. The average Bonchev–Trinajstić information content (AvgIpc) is 2.82. The lowest BCUT2D eigenvalue weighted by molar-refractivity contribution is -0.120. The van der Waals surface area contributed by atoms with Crippen LogP contribution in [0.25, 0.3) is 11.1 Å². The SMILES string of the molecule is CCN1CCN(c2ccc(-c3ccc(SC(CC(C)C)C(=O)NCC#N)cc3)cc2)CC1. The van der Waals surface area contributed by atoms with Gasteiger partial charge in [0.2, 0.25) is 5.91 Å². The number of likely N-dealkylation sites (N-methyl/N-ethyl adjacent to an activating group) is 1. The molecule has 170 valence electrons. The van der Waals surface area contributed by atoms with Gasteiger partial charge in [-0.2, -0.15) is 5.26 Å². The van der Waals surface area contributed by atoms with Crippen LogP contribution < -0.4 is 10.2 Å². The molecule has 0 aliphatic carbocycles. The number of rotatable bonds is 9. The summed E-state index contributed by atoms with van der Waals surface area (Å²) in [5, 5.41) is 11.3. The van der Waals surface area contributed by atoms with Crippen molar-refractivity contribution in [2.24, 2.45) is 5.92 Å². The van der Waals surface area contributed by atoms with Crippen molar-refractivity contribution in [1.29, 1.82) is 5.26 Å². The second-order valence-electron chi connectivity index (χ2n) is 8.60. The monoisotopic (exact) mass is 450 g/mol. The van der Waals surface area contributed by atoms with Gasteiger partial charge in [0.15, 0.2) is 0 Å². The summed E-state index contributed by atoms with van der Waals surface area (Å²) in [7, 11) is 0. The molecule has 1 atom stereocenters. The average molecular weight is 451 g/mol. The first kappa shape index (κ1) is 24.2. The highest BCUT2D eigenvalue weighted by molar-refractivity contribution is 8.00. The van der Waals surface area contributed by atoms with Crippen molar-refractivity contribution in [3.8, 4) is 17.2 Å². The predicted octanol–water partition coefficient (Wildman–Crippen LogP) is 4.64. The lowest BCUT2D eigenvalue weighted by Crippen LogP contribution is -2.46. The number of nitrogens with one attached hydrogen (secondary N) is 1. The molecule has 1 saturated heterocycles. The topological polar surface area (TPSA) is 59.4 Å². The summed E-state index contributed by atoms with van der Waals surface area (Å²) >= 11 is 1.57. The van der Waals surface area contributed by atoms with Gasteiger partial charge in [-0.1, -0.05) is 45.0 Å². The number of carbonyl (C=O) groups excluding carboxylic acids is 1. The Morgan fingerprint density at radius 2 is 1.62 bits per heavy atom. The Balaban J connectivity index is 1.63. The van der Waals surface area contributed by atoms with E-state index in [1.54, 1.807) is 11.8 Å². The molecule has 32 heavy (non-hydrogen) atoms. The van der Waals surface area contributed by atoms with Crippen molar-refractivity contribution in [3.05, 3.63) is 48.5 Å². The minimum Gasteiger partial charge on any atom is -0.369 e. The molecular formula is C26H34N4OS. The van der Waals surface area contributed by atoms with Crippen LogP contribution in [0.15, 0.2) is 53.4 Å². The zero-order valence-electron chi connectivity index (χ0n) is 19.4. The fourth-order valence-corrected chi connectivity index (χ4v) is 5.25. The molecule has 1 fully saturated rings. The fourth-order valence-electron chi connectivity index (χ4n) is 3.95. The molecule has 1 unspecified atom stereocenters. The van der Waals surface area contributed by atoms with Crippen molar-refractivity contribution < 1.29 is 4.79 Å². The van der Waals surface area contributed by atoms with E-state index in [1.165, 1.54) is 16.8 Å². The minimum atomic E-state index is -0.193. The lowest BCUT2D eigenvalue weighted by atomic mass is 10.1. The van der Waals surface area contributed by atoms with Crippen molar-refractivity contribution >= 4 is 23.4 Å². The predicted molar refractivity (Wildman–Crippen MR) is 134 cm³/mol. The lowest BCUT2D eigenvalue weighted by Gasteiger charge is -2.35. The zero-order valence-corrected chi connectivity index (χ0v) is 20.2. The summed E-state index contributed by atoms with van der Waals surface area (Å²) in [5.74, 6) is 0.341. The number of hydrogen-bond acceptors (Lipinski definition) is 5. The Morgan fingerprint density at radius 1 is 1.03 bits per heavy atom. The first-order valence-electron chi connectivity index (χ1n) is 11.5. The molecule has 1 amide bonds. The Bertz CT molecular complexity index is 897. The highest BCUT2D eigenvalue weighted by Gasteiger charge is 2.21. The van der Waals surface area contributed by atoms with Crippen LogP contribution in [0.4, 0.5) is 5.69 Å². The number of thioether (sulfide) groups is 1. The van der Waals surface area contributed by atoms with Crippen LogP contribution in [0.1, 0.15) is 27.2 Å².